The minimum absolute atomic E-state index is 0.0957. The summed E-state index contributed by atoms with van der Waals surface area (Å²) in [7, 11) is 4.04. The van der Waals surface area contributed by atoms with Crippen LogP contribution >= 0.6 is 0 Å². The van der Waals surface area contributed by atoms with Crippen molar-refractivity contribution in [1.82, 2.24) is 13.5 Å². The maximum atomic E-state index is 12.7. The van der Waals surface area contributed by atoms with Gasteiger partial charge in [0.2, 0.25) is 0 Å². The minimum Gasteiger partial charge on any atom is -0.303 e. The van der Waals surface area contributed by atoms with Crippen molar-refractivity contribution in [2.45, 2.75) is 77.3 Å². The van der Waals surface area contributed by atoms with E-state index in [4.69, 9.17) is 0 Å². The maximum Gasteiger partial charge on any atom is 0.281 e. The summed E-state index contributed by atoms with van der Waals surface area (Å²) in [6, 6.07) is 0.842. The summed E-state index contributed by atoms with van der Waals surface area (Å²) in [5, 5.41) is 0. The number of rotatable bonds is 3. The molecule has 1 aliphatic heterocycles. The summed E-state index contributed by atoms with van der Waals surface area (Å²) in [5.74, 6) is 3.43. The van der Waals surface area contributed by atoms with E-state index in [2.05, 4.69) is 31.9 Å². The van der Waals surface area contributed by atoms with Crippen molar-refractivity contribution < 1.29 is 8.42 Å². The van der Waals surface area contributed by atoms with E-state index in [-0.39, 0.29) is 11.5 Å². The van der Waals surface area contributed by atoms with Gasteiger partial charge in [-0.2, -0.15) is 17.0 Å². The Morgan fingerprint density at radius 1 is 1.03 bits per heavy atom. The average Bonchev–Trinajstić information content (AvgIpc) is 3.20. The lowest BCUT2D eigenvalue weighted by Crippen LogP contribution is -2.53. The van der Waals surface area contributed by atoms with E-state index >= 15 is 0 Å². The molecule has 0 aromatic rings. The Balaban J connectivity index is 1.39. The zero-order chi connectivity index (χ0) is 22.3. The van der Waals surface area contributed by atoms with Gasteiger partial charge in [-0.1, -0.05) is 18.6 Å². The highest BCUT2D eigenvalue weighted by Gasteiger charge is 2.64. The Labute approximate surface area is 190 Å². The van der Waals surface area contributed by atoms with Crippen LogP contribution in [0.2, 0.25) is 0 Å². The number of allylic oxidation sites excluding steroid dienone is 1. The fourth-order valence-electron chi connectivity index (χ4n) is 9.20. The fraction of sp³-hybridized carbons (Fsp3) is 0.920. The molecule has 0 amide bonds. The molecule has 0 bridgehead atoms. The second-order valence-corrected chi connectivity index (χ2v) is 14.3. The van der Waals surface area contributed by atoms with Crippen LogP contribution in [0.3, 0.4) is 0 Å². The van der Waals surface area contributed by atoms with E-state index in [9.17, 15) is 8.42 Å². The molecule has 0 N–H and O–H groups in total. The van der Waals surface area contributed by atoms with Gasteiger partial charge in [-0.05, 0) is 99.8 Å². The summed E-state index contributed by atoms with van der Waals surface area (Å²) in [5.41, 5.74) is 2.42. The molecule has 0 aromatic heterocycles. The van der Waals surface area contributed by atoms with Crippen LogP contribution in [0.4, 0.5) is 0 Å². The van der Waals surface area contributed by atoms with Crippen LogP contribution < -0.4 is 0 Å². The van der Waals surface area contributed by atoms with Gasteiger partial charge < -0.3 is 4.90 Å². The second kappa shape index (κ2) is 7.28. The first-order valence-corrected chi connectivity index (χ1v) is 14.0. The summed E-state index contributed by atoms with van der Waals surface area (Å²) >= 11 is 0. The normalized spacial score (nSPS) is 47.7. The largest absolute Gasteiger partial charge is 0.303 e. The monoisotopic (exact) mass is 449 g/mol. The molecule has 6 heteroatoms. The number of hydrogen-bond acceptors (Lipinski definition) is 3. The van der Waals surface area contributed by atoms with Gasteiger partial charge in [0, 0.05) is 39.8 Å². The van der Waals surface area contributed by atoms with Crippen LogP contribution in [-0.2, 0) is 10.2 Å². The van der Waals surface area contributed by atoms with Crippen LogP contribution in [0.5, 0.6) is 0 Å². The third-order valence-electron chi connectivity index (χ3n) is 11.0. The highest BCUT2D eigenvalue weighted by Crippen LogP contribution is 2.68. The van der Waals surface area contributed by atoms with Gasteiger partial charge in [-0.15, -0.1) is 0 Å². The molecule has 1 saturated heterocycles. The van der Waals surface area contributed by atoms with E-state index in [1.54, 1.807) is 31.0 Å². The van der Waals surface area contributed by atoms with Gasteiger partial charge in [0.15, 0.2) is 0 Å². The van der Waals surface area contributed by atoms with Gasteiger partial charge in [0.05, 0.1) is 0 Å². The molecule has 2 unspecified atom stereocenters. The highest BCUT2D eigenvalue weighted by atomic mass is 32.2. The Hall–Kier alpha value is -0.430. The van der Waals surface area contributed by atoms with E-state index in [1.807, 2.05) is 0 Å². The maximum absolute atomic E-state index is 12.7. The van der Waals surface area contributed by atoms with Crippen molar-refractivity contribution in [3.8, 4) is 0 Å². The van der Waals surface area contributed by atoms with Gasteiger partial charge in [-0.3, -0.25) is 0 Å². The molecule has 8 atom stereocenters. The third kappa shape index (κ3) is 3.00. The predicted octanol–water partition coefficient (Wildman–Crippen LogP) is 3.99. The zero-order valence-electron chi connectivity index (χ0n) is 20.5. The zero-order valence-corrected chi connectivity index (χ0v) is 21.3. The molecule has 3 saturated carbocycles. The molecule has 0 radical (unpaired) electrons. The van der Waals surface area contributed by atoms with Crippen molar-refractivity contribution in [3.63, 3.8) is 0 Å². The molecule has 5 rings (SSSR count). The Bertz CT molecular complexity index is 870. The van der Waals surface area contributed by atoms with E-state index in [0.717, 1.165) is 49.0 Å². The van der Waals surface area contributed by atoms with Crippen molar-refractivity contribution in [1.29, 1.82) is 0 Å². The van der Waals surface area contributed by atoms with Crippen molar-refractivity contribution in [2.75, 3.05) is 34.7 Å². The topological polar surface area (TPSA) is 43.9 Å². The standard InChI is InChI=1S/C25H43N3O2S/c1-17-21-9-10-23-20-8-7-18-15-19(28(6)31(29,30)26(3)4)11-13-24(18,2)22(20)12-14-25(21,23)16-27(17)5/h7,17,19-23H,8-16H2,1-6H3/t17-,19-,20+,21?,22?,23-,24-,25-/m0/s1. The van der Waals surface area contributed by atoms with E-state index < -0.39 is 10.2 Å². The molecular weight excluding hydrogens is 406 g/mol. The first-order valence-electron chi connectivity index (χ1n) is 12.6. The first kappa shape index (κ1) is 22.4. The molecule has 4 aliphatic carbocycles. The molecule has 0 aromatic carbocycles. The molecule has 1 spiro atoms. The van der Waals surface area contributed by atoms with E-state index in [1.165, 1.54) is 43.0 Å². The van der Waals surface area contributed by atoms with Gasteiger partial charge >= 0.3 is 0 Å². The predicted molar refractivity (Wildman–Crippen MR) is 126 cm³/mol. The fourth-order valence-corrected chi connectivity index (χ4v) is 10.3. The van der Waals surface area contributed by atoms with Crippen LogP contribution in [0.15, 0.2) is 11.6 Å². The summed E-state index contributed by atoms with van der Waals surface area (Å²) in [6.45, 7) is 6.31. The Morgan fingerprint density at radius 3 is 2.45 bits per heavy atom. The number of hydrogen-bond donors (Lipinski definition) is 0. The quantitative estimate of drug-likeness (QED) is 0.612. The first-order chi connectivity index (χ1) is 14.5. The summed E-state index contributed by atoms with van der Waals surface area (Å²) in [4.78, 5) is 2.65. The van der Waals surface area contributed by atoms with Crippen LogP contribution in [0.1, 0.15) is 65.2 Å². The minimum atomic E-state index is -3.36. The lowest BCUT2D eigenvalue weighted by Gasteiger charge is -2.58. The Kier molecular flexibility index (Phi) is 5.25. The average molecular weight is 450 g/mol. The van der Waals surface area contributed by atoms with Gasteiger partial charge in [0.25, 0.3) is 10.2 Å². The second-order valence-electron chi connectivity index (χ2n) is 12.1. The number of nitrogens with zero attached hydrogens (tertiary/aromatic N) is 3. The SMILES string of the molecule is C[C@H]1C2CC[C@H]3[C@@H]4CC=C5C[C@@H](N(C)S(=O)(=O)N(C)C)CC[C@]5(C)C4CC[C@]23CN1C. The smallest absolute Gasteiger partial charge is 0.281 e. The highest BCUT2D eigenvalue weighted by molar-refractivity contribution is 7.86. The third-order valence-corrected chi connectivity index (χ3v) is 13.0. The van der Waals surface area contributed by atoms with Crippen LogP contribution in [0, 0.1) is 34.5 Å². The van der Waals surface area contributed by atoms with Crippen molar-refractivity contribution in [3.05, 3.63) is 11.6 Å². The van der Waals surface area contributed by atoms with Crippen molar-refractivity contribution in [2.24, 2.45) is 34.5 Å². The Morgan fingerprint density at radius 2 is 1.74 bits per heavy atom. The summed E-state index contributed by atoms with van der Waals surface area (Å²) in [6.07, 6.45) is 12.5. The summed E-state index contributed by atoms with van der Waals surface area (Å²) < 4.78 is 28.4. The number of fused-ring (bicyclic) bond motifs is 4. The lowest BCUT2D eigenvalue weighted by atomic mass is 9.47. The van der Waals surface area contributed by atoms with Crippen molar-refractivity contribution >= 4 is 10.2 Å². The van der Waals surface area contributed by atoms with Gasteiger partial charge in [0.1, 0.15) is 0 Å². The lowest BCUT2D eigenvalue weighted by molar-refractivity contribution is -0.0419. The van der Waals surface area contributed by atoms with Crippen LogP contribution in [-0.4, -0.2) is 68.7 Å². The molecule has 1 heterocycles. The molecular formula is C25H43N3O2S. The molecule has 176 valence electrons. The van der Waals surface area contributed by atoms with E-state index in [0.29, 0.717) is 5.41 Å². The molecule has 4 fully saturated rings. The van der Waals surface area contributed by atoms with Gasteiger partial charge in [-0.25, -0.2) is 0 Å². The number of likely N-dealkylation sites (tertiary alicyclic amines) is 1. The molecule has 31 heavy (non-hydrogen) atoms. The molecule has 5 nitrogen and oxygen atoms in total. The van der Waals surface area contributed by atoms with Crippen LogP contribution in [0.25, 0.3) is 0 Å². The molecule has 5 aliphatic rings.